The molecule has 0 aromatic heterocycles. The number of methoxy groups -OCH3 is 2. The Hall–Kier alpha value is -3.39. The van der Waals surface area contributed by atoms with E-state index in [4.69, 9.17) is 18.9 Å². The number of carbonyl (C=O) groups excluding carboxylic acids is 1. The van der Waals surface area contributed by atoms with Gasteiger partial charge in [0, 0.05) is 7.05 Å². The van der Waals surface area contributed by atoms with Crippen molar-refractivity contribution in [2.45, 2.75) is 36.4 Å². The number of carbonyl (C=O) groups is 1. The van der Waals surface area contributed by atoms with Gasteiger partial charge in [0.1, 0.15) is 29.3 Å². The lowest BCUT2D eigenvalue weighted by atomic mass is 9.78. The van der Waals surface area contributed by atoms with Gasteiger partial charge in [-0.3, -0.25) is 4.79 Å². The van der Waals surface area contributed by atoms with E-state index in [-0.39, 0.29) is 5.91 Å². The molecule has 0 aliphatic carbocycles. The summed E-state index contributed by atoms with van der Waals surface area (Å²) in [6.45, 7) is 0. The minimum absolute atomic E-state index is 0.109. The Morgan fingerprint density at radius 3 is 1.89 bits per heavy atom. The molecule has 2 bridgehead atoms. The normalized spacial score (nSPS) is 24.9. The largest absolute Gasteiger partial charge is 0.497 e. The van der Waals surface area contributed by atoms with Gasteiger partial charge < -0.3 is 29.4 Å². The molecule has 0 radical (unpaired) electrons. The van der Waals surface area contributed by atoms with Crippen LogP contribution in [0.4, 0.5) is 0 Å². The summed E-state index contributed by atoms with van der Waals surface area (Å²) in [6, 6.07) is 25.3. The van der Waals surface area contributed by atoms with Gasteiger partial charge in [0.05, 0.1) is 32.3 Å². The number of ether oxygens (including phenoxy) is 4. The topological polar surface area (TPSA) is 86.3 Å². The Bertz CT molecular complexity index is 1130. The van der Waals surface area contributed by atoms with Gasteiger partial charge in [0.2, 0.25) is 5.91 Å². The lowest BCUT2D eigenvalue weighted by Crippen LogP contribution is -2.51. The number of aliphatic hydroxyl groups is 1. The second kappa shape index (κ2) is 9.93. The maximum atomic E-state index is 12.6. The lowest BCUT2D eigenvalue weighted by molar-refractivity contribution is -0.139. The SMILES string of the molecule is CNC(=O)C1CC2OC1C(OC(c1ccccc1)(c1ccc(OC)cc1)c1ccc(OC)cc1)C2O. The van der Waals surface area contributed by atoms with Crippen LogP contribution in [0.15, 0.2) is 78.9 Å². The molecular weight excluding hydrogens is 458 g/mol. The molecule has 2 fully saturated rings. The monoisotopic (exact) mass is 489 g/mol. The molecule has 7 heteroatoms. The third kappa shape index (κ3) is 4.03. The zero-order valence-corrected chi connectivity index (χ0v) is 20.6. The van der Waals surface area contributed by atoms with Crippen LogP contribution in [0.3, 0.4) is 0 Å². The molecule has 5 rings (SSSR count). The third-order valence-electron chi connectivity index (χ3n) is 7.33. The van der Waals surface area contributed by atoms with E-state index >= 15 is 0 Å². The van der Waals surface area contributed by atoms with E-state index in [2.05, 4.69) is 5.32 Å². The Balaban J connectivity index is 1.68. The molecule has 5 atom stereocenters. The van der Waals surface area contributed by atoms with E-state index in [0.717, 1.165) is 28.2 Å². The summed E-state index contributed by atoms with van der Waals surface area (Å²) in [5.41, 5.74) is 1.48. The number of amides is 1. The van der Waals surface area contributed by atoms with Gasteiger partial charge in [0.25, 0.3) is 0 Å². The van der Waals surface area contributed by atoms with Crippen LogP contribution >= 0.6 is 0 Å². The van der Waals surface area contributed by atoms with Crippen molar-refractivity contribution in [3.8, 4) is 11.5 Å². The average Bonchev–Trinajstić information content (AvgIpc) is 3.51. The quantitative estimate of drug-likeness (QED) is 0.473. The number of hydrogen-bond acceptors (Lipinski definition) is 6. The molecule has 7 nitrogen and oxygen atoms in total. The number of aliphatic hydroxyl groups excluding tert-OH is 1. The highest BCUT2D eigenvalue weighted by molar-refractivity contribution is 5.79. The van der Waals surface area contributed by atoms with Gasteiger partial charge in [-0.25, -0.2) is 0 Å². The van der Waals surface area contributed by atoms with Crippen LogP contribution < -0.4 is 14.8 Å². The molecule has 2 saturated heterocycles. The first kappa shape index (κ1) is 24.3. The third-order valence-corrected chi connectivity index (χ3v) is 7.33. The average molecular weight is 490 g/mol. The highest BCUT2D eigenvalue weighted by Gasteiger charge is 2.59. The Morgan fingerprint density at radius 1 is 0.889 bits per heavy atom. The van der Waals surface area contributed by atoms with E-state index in [0.29, 0.717) is 6.42 Å². The first-order valence-electron chi connectivity index (χ1n) is 12.1. The minimum Gasteiger partial charge on any atom is -0.497 e. The van der Waals surface area contributed by atoms with Gasteiger partial charge in [0.15, 0.2) is 0 Å². The number of nitrogens with one attached hydrogen (secondary N) is 1. The fraction of sp³-hybridized carbons (Fsp3) is 0.345. The standard InChI is InChI=1S/C29H31NO6/c1-30-28(32)23-17-24-25(31)27(26(23)35-24)36-29(18-7-5-4-6-8-18,19-9-13-21(33-2)14-10-19)20-11-15-22(34-3)16-12-20/h4-16,23-27,31H,17H2,1-3H3,(H,30,32). The fourth-order valence-electron chi connectivity index (χ4n) is 5.48. The van der Waals surface area contributed by atoms with E-state index in [1.807, 2.05) is 78.9 Å². The molecule has 1 amide bonds. The van der Waals surface area contributed by atoms with Crippen LogP contribution in [0.5, 0.6) is 11.5 Å². The summed E-state index contributed by atoms with van der Waals surface area (Å²) in [7, 11) is 4.87. The molecule has 2 N–H and O–H groups in total. The van der Waals surface area contributed by atoms with Gasteiger partial charge in [-0.1, -0.05) is 54.6 Å². The van der Waals surface area contributed by atoms with Crippen LogP contribution in [0, 0.1) is 5.92 Å². The summed E-state index contributed by atoms with van der Waals surface area (Å²) in [6.07, 6.45) is -2.15. The molecule has 2 heterocycles. The molecular formula is C29H31NO6. The number of hydrogen-bond donors (Lipinski definition) is 2. The van der Waals surface area contributed by atoms with Crippen molar-refractivity contribution in [2.75, 3.05) is 21.3 Å². The Morgan fingerprint density at radius 2 is 1.42 bits per heavy atom. The van der Waals surface area contributed by atoms with Crippen LogP contribution in [0.25, 0.3) is 0 Å². The van der Waals surface area contributed by atoms with Crippen molar-refractivity contribution in [3.05, 3.63) is 95.6 Å². The maximum Gasteiger partial charge on any atom is 0.225 e. The van der Waals surface area contributed by atoms with Gasteiger partial charge in [-0.15, -0.1) is 0 Å². The van der Waals surface area contributed by atoms with Crippen molar-refractivity contribution in [3.63, 3.8) is 0 Å². The second-order valence-electron chi connectivity index (χ2n) is 9.17. The molecule has 36 heavy (non-hydrogen) atoms. The fourth-order valence-corrected chi connectivity index (χ4v) is 5.48. The van der Waals surface area contributed by atoms with Crippen LogP contribution in [0.2, 0.25) is 0 Å². The molecule has 0 saturated carbocycles. The summed E-state index contributed by atoms with van der Waals surface area (Å²) in [5, 5.41) is 13.9. The van der Waals surface area contributed by atoms with Crippen molar-refractivity contribution >= 4 is 5.91 Å². The molecule has 188 valence electrons. The molecule has 0 spiro atoms. The highest BCUT2D eigenvalue weighted by atomic mass is 16.6. The number of benzene rings is 3. The van der Waals surface area contributed by atoms with Crippen molar-refractivity contribution in [1.82, 2.24) is 5.32 Å². The summed E-state index contributed by atoms with van der Waals surface area (Å²) in [5.74, 6) is 0.938. The zero-order chi connectivity index (χ0) is 25.3. The second-order valence-corrected chi connectivity index (χ2v) is 9.17. The van der Waals surface area contributed by atoms with Crippen molar-refractivity contribution in [1.29, 1.82) is 0 Å². The number of rotatable bonds is 8. The molecule has 3 aromatic carbocycles. The zero-order valence-electron chi connectivity index (χ0n) is 20.6. The highest BCUT2D eigenvalue weighted by Crippen LogP contribution is 2.48. The maximum absolute atomic E-state index is 12.6. The number of fused-ring (bicyclic) bond motifs is 2. The van der Waals surface area contributed by atoms with E-state index in [1.165, 1.54) is 0 Å². The Labute approximate surface area is 211 Å². The van der Waals surface area contributed by atoms with Gasteiger partial charge >= 0.3 is 0 Å². The van der Waals surface area contributed by atoms with E-state index in [9.17, 15) is 9.90 Å². The predicted octanol–water partition coefficient (Wildman–Crippen LogP) is 3.28. The van der Waals surface area contributed by atoms with Crippen LogP contribution in [0.1, 0.15) is 23.1 Å². The van der Waals surface area contributed by atoms with E-state index < -0.39 is 35.9 Å². The molecule has 2 aliphatic heterocycles. The molecule has 3 aromatic rings. The molecule has 2 aliphatic rings. The van der Waals surface area contributed by atoms with E-state index in [1.54, 1.807) is 21.3 Å². The van der Waals surface area contributed by atoms with Crippen LogP contribution in [-0.4, -0.2) is 56.7 Å². The lowest BCUT2D eigenvalue weighted by Gasteiger charge is -2.41. The minimum atomic E-state index is -1.10. The van der Waals surface area contributed by atoms with Gasteiger partial charge in [-0.05, 0) is 47.4 Å². The van der Waals surface area contributed by atoms with Crippen molar-refractivity contribution in [2.24, 2.45) is 5.92 Å². The van der Waals surface area contributed by atoms with Gasteiger partial charge in [-0.2, -0.15) is 0 Å². The summed E-state index contributed by atoms with van der Waals surface area (Å²) < 4.78 is 23.9. The van der Waals surface area contributed by atoms with Crippen molar-refractivity contribution < 1.29 is 28.8 Å². The predicted molar refractivity (Wildman–Crippen MR) is 134 cm³/mol. The first-order valence-corrected chi connectivity index (χ1v) is 12.1. The summed E-state index contributed by atoms with van der Waals surface area (Å²) in [4.78, 5) is 12.6. The Kier molecular flexibility index (Phi) is 6.71. The first-order chi connectivity index (χ1) is 17.5. The smallest absolute Gasteiger partial charge is 0.225 e. The van der Waals surface area contributed by atoms with Crippen LogP contribution in [-0.2, 0) is 19.9 Å². The summed E-state index contributed by atoms with van der Waals surface area (Å²) >= 11 is 0. The molecule has 5 unspecified atom stereocenters.